The van der Waals surface area contributed by atoms with Crippen LogP contribution in [0.25, 0.3) is 0 Å². The van der Waals surface area contributed by atoms with Crippen LogP contribution >= 0.6 is 0 Å². The van der Waals surface area contributed by atoms with Crippen molar-refractivity contribution < 1.29 is 29.4 Å². The molecule has 5 unspecified atom stereocenters. The largest absolute Gasteiger partial charge is 0.480 e. The van der Waals surface area contributed by atoms with Gasteiger partial charge in [-0.15, -0.1) is 0 Å². The molecule has 0 radical (unpaired) electrons. The van der Waals surface area contributed by atoms with E-state index in [4.69, 9.17) is 11.5 Å². The van der Waals surface area contributed by atoms with Crippen molar-refractivity contribution in [2.24, 2.45) is 11.5 Å². The number of carboxylic acid groups (broad SMARTS) is 1. The number of nitrogens with zero attached hydrogens (tertiary/aromatic N) is 1. The van der Waals surface area contributed by atoms with E-state index in [0.717, 1.165) is 0 Å². The Balaban J connectivity index is 2.08. The van der Waals surface area contributed by atoms with E-state index in [1.807, 2.05) is 0 Å². The lowest BCUT2D eigenvalue weighted by Gasteiger charge is -2.26. The molecule has 38 heavy (non-hydrogen) atoms. The second-order valence-corrected chi connectivity index (χ2v) is 9.05. The molecule has 1 aromatic heterocycles. The second kappa shape index (κ2) is 15.4. The van der Waals surface area contributed by atoms with Crippen molar-refractivity contribution in [1.82, 2.24) is 25.9 Å². The zero-order chi connectivity index (χ0) is 28.1. The SMILES string of the molecule is CC(O)C(NC(=O)C(CCCCN)NC(=O)C(N)Cc1cnc[nH]1)C(=O)NC(Cc1ccccc1)C(=O)O. The third-order valence-corrected chi connectivity index (χ3v) is 5.87. The van der Waals surface area contributed by atoms with Crippen molar-refractivity contribution in [2.45, 2.75) is 69.3 Å². The van der Waals surface area contributed by atoms with Crippen LogP contribution in [0.3, 0.4) is 0 Å². The van der Waals surface area contributed by atoms with E-state index in [1.165, 1.54) is 19.4 Å². The highest BCUT2D eigenvalue weighted by Gasteiger charge is 2.32. The average molecular weight is 532 g/mol. The van der Waals surface area contributed by atoms with Crippen LogP contribution in [0.5, 0.6) is 0 Å². The minimum atomic E-state index is -1.47. The number of imidazole rings is 1. The number of amides is 3. The van der Waals surface area contributed by atoms with Gasteiger partial charge in [0.15, 0.2) is 0 Å². The molecular formula is C25H37N7O6. The summed E-state index contributed by atoms with van der Waals surface area (Å²) in [6, 6.07) is 3.94. The molecule has 1 heterocycles. The van der Waals surface area contributed by atoms with Gasteiger partial charge in [0, 0.05) is 24.7 Å². The number of hydrogen-bond acceptors (Lipinski definition) is 8. The Labute approximate surface area is 220 Å². The van der Waals surface area contributed by atoms with Crippen molar-refractivity contribution in [3.8, 4) is 0 Å². The number of unbranched alkanes of at least 4 members (excludes halogenated alkanes) is 1. The molecule has 208 valence electrons. The molecule has 3 amide bonds. The summed E-state index contributed by atoms with van der Waals surface area (Å²) in [6.45, 7) is 1.68. The van der Waals surface area contributed by atoms with Gasteiger partial charge < -0.3 is 42.6 Å². The first-order chi connectivity index (χ1) is 18.1. The van der Waals surface area contributed by atoms with E-state index in [0.29, 0.717) is 30.6 Å². The number of nitrogens with one attached hydrogen (secondary N) is 4. The van der Waals surface area contributed by atoms with E-state index < -0.39 is 54.0 Å². The number of H-pyrrole nitrogens is 1. The van der Waals surface area contributed by atoms with Crippen molar-refractivity contribution in [1.29, 1.82) is 0 Å². The Morgan fingerprint density at radius 1 is 0.974 bits per heavy atom. The van der Waals surface area contributed by atoms with Crippen LogP contribution in [-0.2, 0) is 32.0 Å². The summed E-state index contributed by atoms with van der Waals surface area (Å²) >= 11 is 0. The highest BCUT2D eigenvalue weighted by Crippen LogP contribution is 2.07. The molecule has 0 aliphatic heterocycles. The number of carboxylic acids is 1. The lowest BCUT2D eigenvalue weighted by atomic mass is 10.0. The number of hydrogen-bond donors (Lipinski definition) is 8. The molecule has 0 aliphatic rings. The molecule has 5 atom stereocenters. The zero-order valence-corrected chi connectivity index (χ0v) is 21.3. The van der Waals surface area contributed by atoms with Crippen molar-refractivity contribution in [3.05, 3.63) is 54.1 Å². The van der Waals surface area contributed by atoms with Gasteiger partial charge in [-0.1, -0.05) is 30.3 Å². The summed E-state index contributed by atoms with van der Waals surface area (Å²) in [5.41, 5.74) is 12.9. The van der Waals surface area contributed by atoms with Gasteiger partial charge in [-0.2, -0.15) is 0 Å². The van der Waals surface area contributed by atoms with Gasteiger partial charge in [0.05, 0.1) is 18.5 Å². The summed E-state index contributed by atoms with van der Waals surface area (Å²) < 4.78 is 0. The van der Waals surface area contributed by atoms with E-state index >= 15 is 0 Å². The standard InChI is InChI=1S/C25H37N7O6/c1-15(33)21(24(36)31-20(25(37)38)11-16-7-3-2-4-8-16)32-23(35)19(9-5-6-10-26)30-22(34)18(27)12-17-13-28-14-29-17/h2-4,7-8,13-15,18-21,33H,5-6,9-12,26-27H2,1H3,(H,28,29)(H,30,34)(H,31,36)(H,32,35)(H,37,38). The van der Waals surface area contributed by atoms with Crippen molar-refractivity contribution in [2.75, 3.05) is 6.54 Å². The first-order valence-electron chi connectivity index (χ1n) is 12.4. The van der Waals surface area contributed by atoms with Gasteiger partial charge >= 0.3 is 5.97 Å². The molecule has 0 aliphatic carbocycles. The molecule has 1 aromatic carbocycles. The Kier molecular flexibility index (Phi) is 12.4. The highest BCUT2D eigenvalue weighted by molar-refractivity contribution is 5.94. The number of aromatic nitrogens is 2. The maximum absolute atomic E-state index is 13.1. The van der Waals surface area contributed by atoms with Crippen LogP contribution in [-0.4, -0.2) is 80.7 Å². The minimum Gasteiger partial charge on any atom is -0.480 e. The van der Waals surface area contributed by atoms with Gasteiger partial charge in [-0.05, 0) is 38.3 Å². The fourth-order valence-corrected chi connectivity index (χ4v) is 3.74. The van der Waals surface area contributed by atoms with Crippen LogP contribution in [0.1, 0.15) is 37.4 Å². The summed E-state index contributed by atoms with van der Waals surface area (Å²) in [5.74, 6) is -3.45. The zero-order valence-electron chi connectivity index (χ0n) is 21.3. The lowest BCUT2D eigenvalue weighted by molar-refractivity contribution is -0.143. The van der Waals surface area contributed by atoms with Crippen molar-refractivity contribution in [3.63, 3.8) is 0 Å². The maximum Gasteiger partial charge on any atom is 0.326 e. The fraction of sp³-hybridized carbons (Fsp3) is 0.480. The van der Waals surface area contributed by atoms with E-state index in [2.05, 4.69) is 25.9 Å². The second-order valence-electron chi connectivity index (χ2n) is 9.05. The number of aromatic amines is 1. The molecule has 0 saturated carbocycles. The highest BCUT2D eigenvalue weighted by atomic mass is 16.4. The first kappa shape index (κ1) is 30.4. The number of aliphatic carboxylic acids is 1. The quantitative estimate of drug-likeness (QED) is 0.119. The minimum absolute atomic E-state index is 0.00831. The molecule has 2 aromatic rings. The summed E-state index contributed by atoms with van der Waals surface area (Å²) in [6.07, 6.45) is 3.13. The average Bonchev–Trinajstić information content (AvgIpc) is 3.39. The summed E-state index contributed by atoms with van der Waals surface area (Å²) in [7, 11) is 0. The Morgan fingerprint density at radius 2 is 1.66 bits per heavy atom. The number of benzene rings is 1. The van der Waals surface area contributed by atoms with Gasteiger partial charge in [-0.25, -0.2) is 9.78 Å². The van der Waals surface area contributed by atoms with Crippen LogP contribution < -0.4 is 27.4 Å². The molecule has 0 bridgehead atoms. The topological polar surface area (TPSA) is 226 Å². The maximum atomic E-state index is 13.1. The van der Waals surface area contributed by atoms with Gasteiger partial charge in [0.25, 0.3) is 0 Å². The molecule has 2 rings (SSSR count). The Bertz CT molecular complexity index is 1030. The van der Waals surface area contributed by atoms with E-state index in [9.17, 15) is 29.4 Å². The molecule has 13 heteroatoms. The van der Waals surface area contributed by atoms with Crippen LogP contribution in [0, 0.1) is 0 Å². The summed E-state index contributed by atoms with van der Waals surface area (Å²) in [5, 5.41) is 27.3. The number of rotatable bonds is 16. The third-order valence-electron chi connectivity index (χ3n) is 5.87. The van der Waals surface area contributed by atoms with Crippen LogP contribution in [0.15, 0.2) is 42.9 Å². The van der Waals surface area contributed by atoms with Gasteiger partial charge in [0.2, 0.25) is 17.7 Å². The molecule has 0 fully saturated rings. The third kappa shape index (κ3) is 9.92. The van der Waals surface area contributed by atoms with E-state index in [-0.39, 0.29) is 19.3 Å². The number of carbonyl (C=O) groups is 4. The van der Waals surface area contributed by atoms with Crippen LogP contribution in [0.2, 0.25) is 0 Å². The number of carbonyl (C=O) groups excluding carboxylic acids is 3. The lowest BCUT2D eigenvalue weighted by Crippen LogP contribution is -2.60. The van der Waals surface area contributed by atoms with E-state index in [1.54, 1.807) is 30.3 Å². The Hall–Kier alpha value is -3.81. The van der Waals surface area contributed by atoms with Gasteiger partial charge in [0.1, 0.15) is 18.1 Å². The monoisotopic (exact) mass is 531 g/mol. The molecule has 0 saturated heterocycles. The summed E-state index contributed by atoms with van der Waals surface area (Å²) in [4.78, 5) is 57.2. The van der Waals surface area contributed by atoms with Crippen molar-refractivity contribution >= 4 is 23.7 Å². The molecule has 13 nitrogen and oxygen atoms in total. The molecule has 0 spiro atoms. The number of aliphatic hydroxyl groups excluding tert-OH is 1. The normalized spacial score (nSPS) is 14.9. The predicted molar refractivity (Wildman–Crippen MR) is 138 cm³/mol. The van der Waals surface area contributed by atoms with Gasteiger partial charge in [-0.3, -0.25) is 14.4 Å². The molecular weight excluding hydrogens is 494 g/mol. The first-order valence-corrected chi connectivity index (χ1v) is 12.4. The number of aliphatic hydroxyl groups is 1. The fourth-order valence-electron chi connectivity index (χ4n) is 3.74. The number of nitrogens with two attached hydrogens (primary N) is 2. The smallest absolute Gasteiger partial charge is 0.326 e. The predicted octanol–water partition coefficient (Wildman–Crippen LogP) is -1.43. The Morgan fingerprint density at radius 3 is 2.24 bits per heavy atom. The van der Waals surface area contributed by atoms with Crippen LogP contribution in [0.4, 0.5) is 0 Å². The molecule has 10 N–H and O–H groups in total.